The number of rotatable bonds is 5. The van der Waals surface area contributed by atoms with Crippen molar-refractivity contribution >= 4 is 39.2 Å². The Morgan fingerprint density at radius 2 is 1.28 bits per heavy atom. The summed E-state index contributed by atoms with van der Waals surface area (Å²) >= 11 is 4.67. The van der Waals surface area contributed by atoms with Crippen molar-refractivity contribution in [2.75, 3.05) is 0 Å². The molecule has 124 valence electrons. The van der Waals surface area contributed by atoms with Gasteiger partial charge in [-0.15, -0.1) is 0 Å². The average molecular weight is 411 g/mol. The topological polar surface area (TPSA) is 37.3 Å². The van der Waals surface area contributed by atoms with Crippen LogP contribution in [0.15, 0.2) is 99.2 Å². The fourth-order valence-corrected chi connectivity index (χ4v) is 3.47. The Morgan fingerprint density at radius 1 is 0.760 bits per heavy atom. The van der Waals surface area contributed by atoms with E-state index in [1.807, 2.05) is 60.7 Å². The van der Waals surface area contributed by atoms with Gasteiger partial charge in [0.05, 0.1) is 0 Å². The molecule has 0 aliphatic rings. The van der Waals surface area contributed by atoms with E-state index in [-0.39, 0.29) is 11.5 Å². The number of carbonyl (C=O) groups excluding carboxylic acids is 1. The summed E-state index contributed by atoms with van der Waals surface area (Å²) in [5, 5.41) is 10.8. The second kappa shape index (κ2) is 8.19. The van der Waals surface area contributed by atoms with Gasteiger partial charge in [0.1, 0.15) is 10.7 Å². The predicted molar refractivity (Wildman–Crippen MR) is 107 cm³/mol. The lowest BCUT2D eigenvalue weighted by atomic mass is 10.1. The first kappa shape index (κ1) is 17.5. The molecule has 0 saturated carbocycles. The zero-order chi connectivity index (χ0) is 17.6. The largest absolute Gasteiger partial charge is 0.506 e. The summed E-state index contributed by atoms with van der Waals surface area (Å²) in [5.41, 5.74) is 1.16. The van der Waals surface area contributed by atoms with Crippen molar-refractivity contribution in [3.8, 4) is 0 Å². The molecule has 0 fully saturated rings. The molecule has 4 heteroatoms. The van der Waals surface area contributed by atoms with Crippen LogP contribution in [0.4, 0.5) is 0 Å². The smallest absolute Gasteiger partial charge is 0.203 e. The Labute approximate surface area is 159 Å². The fourth-order valence-electron chi connectivity index (χ4n) is 2.27. The van der Waals surface area contributed by atoms with E-state index in [0.717, 1.165) is 9.37 Å². The third-order valence-corrected chi connectivity index (χ3v) is 5.16. The Balaban J connectivity index is 2.05. The van der Waals surface area contributed by atoms with Crippen LogP contribution in [0.3, 0.4) is 0 Å². The molecule has 3 aromatic rings. The molecular formula is C21H15BrO2S. The molecule has 0 unspecified atom stereocenters. The molecule has 0 aliphatic carbocycles. The van der Waals surface area contributed by atoms with Gasteiger partial charge < -0.3 is 5.11 Å². The van der Waals surface area contributed by atoms with Crippen LogP contribution < -0.4 is 0 Å². The summed E-state index contributed by atoms with van der Waals surface area (Å²) in [4.78, 5) is 14.2. The molecule has 0 heterocycles. The van der Waals surface area contributed by atoms with Gasteiger partial charge in [0, 0.05) is 20.5 Å². The number of aliphatic hydroxyl groups is 1. The van der Waals surface area contributed by atoms with E-state index in [9.17, 15) is 9.90 Å². The first-order valence-electron chi connectivity index (χ1n) is 7.67. The van der Waals surface area contributed by atoms with E-state index in [2.05, 4.69) is 15.9 Å². The van der Waals surface area contributed by atoms with Gasteiger partial charge in [0.15, 0.2) is 0 Å². The molecule has 0 saturated heterocycles. The third kappa shape index (κ3) is 4.41. The summed E-state index contributed by atoms with van der Waals surface area (Å²) in [5.74, 6) is -0.211. The Hall–Kier alpha value is -2.30. The van der Waals surface area contributed by atoms with Crippen molar-refractivity contribution in [3.63, 3.8) is 0 Å². The number of halogens is 1. The minimum absolute atomic E-state index is 0.0117. The Bertz CT molecular complexity index is 888. The normalized spacial score (nSPS) is 11.7. The number of hydrogen-bond acceptors (Lipinski definition) is 3. The van der Waals surface area contributed by atoms with Crippen molar-refractivity contribution in [2.24, 2.45) is 0 Å². The minimum Gasteiger partial charge on any atom is -0.506 e. The van der Waals surface area contributed by atoms with Crippen molar-refractivity contribution in [1.29, 1.82) is 0 Å². The van der Waals surface area contributed by atoms with Crippen molar-refractivity contribution in [1.82, 2.24) is 0 Å². The molecule has 0 radical (unpaired) electrons. The molecule has 3 rings (SSSR count). The minimum atomic E-state index is -0.199. The SMILES string of the molecule is O=C(/C(Sc1ccc(Br)cc1)=C(/O)c1ccccc1)c1ccccc1. The average Bonchev–Trinajstić information content (AvgIpc) is 2.68. The lowest BCUT2D eigenvalue weighted by molar-refractivity contribution is 0.104. The zero-order valence-corrected chi connectivity index (χ0v) is 15.6. The summed E-state index contributed by atoms with van der Waals surface area (Å²) in [6, 6.07) is 25.7. The summed E-state index contributed by atoms with van der Waals surface area (Å²) in [6.07, 6.45) is 0. The van der Waals surface area contributed by atoms with Crippen LogP contribution >= 0.6 is 27.7 Å². The van der Waals surface area contributed by atoms with Crippen LogP contribution in [-0.2, 0) is 0 Å². The molecular weight excluding hydrogens is 396 g/mol. The van der Waals surface area contributed by atoms with Gasteiger partial charge in [-0.25, -0.2) is 0 Å². The maximum Gasteiger partial charge on any atom is 0.203 e. The molecule has 0 bridgehead atoms. The zero-order valence-electron chi connectivity index (χ0n) is 13.2. The van der Waals surface area contributed by atoms with Gasteiger partial charge in [0.25, 0.3) is 0 Å². The lowest BCUT2D eigenvalue weighted by Crippen LogP contribution is -2.04. The van der Waals surface area contributed by atoms with Gasteiger partial charge in [-0.2, -0.15) is 0 Å². The van der Waals surface area contributed by atoms with E-state index >= 15 is 0 Å². The van der Waals surface area contributed by atoms with Gasteiger partial charge >= 0.3 is 0 Å². The third-order valence-electron chi connectivity index (χ3n) is 3.54. The lowest BCUT2D eigenvalue weighted by Gasteiger charge is -2.11. The maximum atomic E-state index is 13.0. The number of benzene rings is 3. The van der Waals surface area contributed by atoms with Gasteiger partial charge in [-0.1, -0.05) is 88.4 Å². The van der Waals surface area contributed by atoms with Crippen molar-refractivity contribution < 1.29 is 9.90 Å². The number of carbonyl (C=O) groups is 1. The number of allylic oxidation sites excluding steroid dienone is 1. The highest BCUT2D eigenvalue weighted by atomic mass is 79.9. The molecule has 0 aromatic heterocycles. The van der Waals surface area contributed by atoms with E-state index < -0.39 is 0 Å². The summed E-state index contributed by atoms with van der Waals surface area (Å²) < 4.78 is 0.962. The fraction of sp³-hybridized carbons (Fsp3) is 0. The van der Waals surface area contributed by atoms with Crippen LogP contribution in [0, 0.1) is 0 Å². The van der Waals surface area contributed by atoms with Crippen LogP contribution in [0.1, 0.15) is 15.9 Å². The first-order valence-corrected chi connectivity index (χ1v) is 9.28. The summed E-state index contributed by atoms with van der Waals surface area (Å²) in [7, 11) is 0. The molecule has 3 aromatic carbocycles. The van der Waals surface area contributed by atoms with Crippen LogP contribution in [0.2, 0.25) is 0 Å². The molecule has 2 nitrogen and oxygen atoms in total. The molecule has 0 atom stereocenters. The molecule has 0 aliphatic heterocycles. The van der Waals surface area contributed by atoms with E-state index in [0.29, 0.717) is 16.0 Å². The van der Waals surface area contributed by atoms with E-state index in [1.165, 1.54) is 11.8 Å². The number of aliphatic hydroxyl groups excluding tert-OH is 1. The Morgan fingerprint density at radius 3 is 1.84 bits per heavy atom. The molecule has 0 amide bonds. The van der Waals surface area contributed by atoms with Crippen LogP contribution in [-0.4, -0.2) is 10.9 Å². The Kier molecular flexibility index (Phi) is 5.74. The predicted octanol–water partition coefficient (Wildman–Crippen LogP) is 6.35. The quantitative estimate of drug-likeness (QED) is 0.230. The second-order valence-corrected chi connectivity index (χ2v) is 7.29. The first-order chi connectivity index (χ1) is 12.1. The van der Waals surface area contributed by atoms with E-state index in [4.69, 9.17) is 0 Å². The number of Topliss-reactive ketones (excluding diaryl/α,β-unsaturated/α-hetero) is 1. The van der Waals surface area contributed by atoms with Crippen molar-refractivity contribution in [3.05, 3.63) is 105 Å². The number of hydrogen-bond donors (Lipinski definition) is 1. The van der Waals surface area contributed by atoms with Gasteiger partial charge in [-0.05, 0) is 24.3 Å². The van der Waals surface area contributed by atoms with E-state index in [1.54, 1.807) is 24.3 Å². The number of thioether (sulfide) groups is 1. The molecule has 0 spiro atoms. The monoisotopic (exact) mass is 410 g/mol. The van der Waals surface area contributed by atoms with Crippen molar-refractivity contribution in [2.45, 2.75) is 4.90 Å². The standard InChI is InChI=1S/C21H15BrO2S/c22-17-11-13-18(14-12-17)25-21(19(23)15-7-3-1-4-8-15)20(24)16-9-5-2-6-10-16/h1-14,23H/b21-19-. The highest BCUT2D eigenvalue weighted by Crippen LogP contribution is 2.34. The second-order valence-electron chi connectivity index (χ2n) is 5.29. The molecule has 1 N–H and O–H groups in total. The highest BCUT2D eigenvalue weighted by Gasteiger charge is 2.19. The van der Waals surface area contributed by atoms with Gasteiger partial charge in [-0.3, -0.25) is 4.79 Å². The number of ketones is 1. The maximum absolute atomic E-state index is 13.0. The highest BCUT2D eigenvalue weighted by molar-refractivity contribution is 9.10. The van der Waals surface area contributed by atoms with Crippen LogP contribution in [0.25, 0.3) is 5.76 Å². The summed E-state index contributed by atoms with van der Waals surface area (Å²) in [6.45, 7) is 0. The van der Waals surface area contributed by atoms with Crippen LogP contribution in [0.5, 0.6) is 0 Å². The van der Waals surface area contributed by atoms with Gasteiger partial charge in [0.2, 0.25) is 5.78 Å². The molecule has 25 heavy (non-hydrogen) atoms.